The molecular weight excluding hydrogens is 571 g/mol. The molecule has 1 heterocycles. The molecule has 0 aliphatic carbocycles. The molecule has 0 amide bonds. The maximum Gasteiger partial charge on any atom is 0.0701 e. The minimum Gasteiger partial charge on any atom is -0.380 e. The Balaban J connectivity index is 1.28. The van der Waals surface area contributed by atoms with Crippen LogP contribution in [0.15, 0.2) is 169 Å². The van der Waals surface area contributed by atoms with Gasteiger partial charge in [-0.25, -0.2) is 0 Å². The van der Waals surface area contributed by atoms with Crippen LogP contribution in [0.4, 0.5) is 0 Å². The molecule has 0 radical (unpaired) electrons. The van der Waals surface area contributed by atoms with E-state index < -0.39 is 0 Å². The van der Waals surface area contributed by atoms with E-state index in [0.717, 1.165) is 33.8 Å². The fourth-order valence-electron chi connectivity index (χ4n) is 6.69. The summed E-state index contributed by atoms with van der Waals surface area (Å²) in [5.74, 6) is 0. The zero-order chi connectivity index (χ0) is 31.6. The normalized spacial score (nSPS) is 12.3. The van der Waals surface area contributed by atoms with Gasteiger partial charge in [-0.3, -0.25) is 9.98 Å². The number of nitrogens with zero attached hydrogens (tertiary/aromatic N) is 2. The predicted molar refractivity (Wildman–Crippen MR) is 200 cm³/mol. The van der Waals surface area contributed by atoms with Crippen molar-refractivity contribution in [1.29, 1.82) is 0 Å². The van der Waals surface area contributed by atoms with Gasteiger partial charge in [0.1, 0.15) is 0 Å². The summed E-state index contributed by atoms with van der Waals surface area (Å²) in [5.41, 5.74) is 7.49. The van der Waals surface area contributed by atoms with Gasteiger partial charge in [0.25, 0.3) is 0 Å². The van der Waals surface area contributed by atoms with Crippen molar-refractivity contribution in [1.82, 2.24) is 10.3 Å². The van der Waals surface area contributed by atoms with Crippen LogP contribution in [-0.4, -0.2) is 17.7 Å². The first-order valence-electron chi connectivity index (χ1n) is 16.0. The second kappa shape index (κ2) is 12.4. The standard InChI is InChI=1S/C44H33N3/c1-45-43(40-26-32-12-2-4-14-34(32)36-16-6-8-18-38(36)40)28-44(47-29-30-21-23-31(24-22-30)42-20-10-11-25-46-42)41-27-33-13-3-5-15-35(33)37-17-7-9-19-39(37)41/h2-28,47H,29H2,1H3. The van der Waals surface area contributed by atoms with Gasteiger partial charge < -0.3 is 5.32 Å². The van der Waals surface area contributed by atoms with Gasteiger partial charge in [0.2, 0.25) is 0 Å². The number of hydrogen-bond donors (Lipinski definition) is 1. The SMILES string of the molecule is CN=C(C=C(NCc1ccc(-c2ccccn2)cc1)c1cc2ccccc2c2ccccc12)c1cc2ccccc2c2ccccc12. The van der Waals surface area contributed by atoms with Crippen molar-refractivity contribution in [3.05, 3.63) is 181 Å². The Kier molecular flexibility index (Phi) is 7.49. The Hall–Kier alpha value is -6.06. The van der Waals surface area contributed by atoms with Crippen molar-refractivity contribution in [2.45, 2.75) is 6.54 Å². The first kappa shape index (κ1) is 28.4. The number of aromatic nitrogens is 1. The number of hydrogen-bond acceptors (Lipinski definition) is 3. The van der Waals surface area contributed by atoms with E-state index in [1.54, 1.807) is 0 Å². The Morgan fingerprint density at radius 1 is 0.574 bits per heavy atom. The molecule has 0 saturated heterocycles. The van der Waals surface area contributed by atoms with Gasteiger partial charge in [-0.2, -0.15) is 0 Å². The zero-order valence-corrected chi connectivity index (χ0v) is 26.2. The molecule has 8 rings (SSSR count). The molecule has 3 nitrogen and oxygen atoms in total. The van der Waals surface area contributed by atoms with Gasteiger partial charge in [0.05, 0.1) is 11.4 Å². The van der Waals surface area contributed by atoms with Crippen LogP contribution in [-0.2, 0) is 6.54 Å². The lowest BCUT2D eigenvalue weighted by atomic mass is 9.92. The van der Waals surface area contributed by atoms with E-state index in [0.29, 0.717) is 6.54 Å². The van der Waals surface area contributed by atoms with Crippen LogP contribution in [0.5, 0.6) is 0 Å². The molecule has 0 saturated carbocycles. The fraction of sp³-hybridized carbons (Fsp3) is 0.0455. The number of rotatable bonds is 7. The Labute approximate surface area is 274 Å². The van der Waals surface area contributed by atoms with Crippen LogP contribution in [0.25, 0.3) is 60.0 Å². The summed E-state index contributed by atoms with van der Waals surface area (Å²) in [5, 5.41) is 13.6. The van der Waals surface area contributed by atoms with E-state index in [4.69, 9.17) is 4.99 Å². The molecule has 7 aromatic carbocycles. The average Bonchev–Trinajstić information content (AvgIpc) is 3.15. The molecular formula is C44H33N3. The maximum atomic E-state index is 4.92. The average molecular weight is 604 g/mol. The largest absolute Gasteiger partial charge is 0.380 e. The number of pyridine rings is 1. The quantitative estimate of drug-likeness (QED) is 0.145. The highest BCUT2D eigenvalue weighted by atomic mass is 14.9. The van der Waals surface area contributed by atoms with Crippen LogP contribution in [0.3, 0.4) is 0 Å². The number of benzene rings is 7. The summed E-state index contributed by atoms with van der Waals surface area (Å²) in [7, 11) is 1.89. The third kappa shape index (κ3) is 5.43. The molecule has 8 aromatic rings. The summed E-state index contributed by atoms with van der Waals surface area (Å²) < 4.78 is 0. The molecule has 1 N–H and O–H groups in total. The molecule has 224 valence electrons. The first-order valence-corrected chi connectivity index (χ1v) is 16.0. The number of allylic oxidation sites excluding steroid dienone is 1. The Morgan fingerprint density at radius 2 is 1.11 bits per heavy atom. The minimum absolute atomic E-state index is 0.658. The Morgan fingerprint density at radius 3 is 1.70 bits per heavy atom. The molecule has 0 spiro atoms. The van der Waals surface area contributed by atoms with E-state index in [1.165, 1.54) is 48.7 Å². The molecule has 0 unspecified atom stereocenters. The second-order valence-corrected chi connectivity index (χ2v) is 11.8. The van der Waals surface area contributed by atoms with E-state index in [9.17, 15) is 0 Å². The molecule has 0 fully saturated rings. The van der Waals surface area contributed by atoms with E-state index in [2.05, 4.69) is 150 Å². The van der Waals surface area contributed by atoms with Crippen molar-refractivity contribution in [3.8, 4) is 11.3 Å². The molecule has 1 aromatic heterocycles. The van der Waals surface area contributed by atoms with Gasteiger partial charge in [0.15, 0.2) is 0 Å². The predicted octanol–water partition coefficient (Wildman–Crippen LogP) is 10.6. The van der Waals surface area contributed by atoms with Crippen molar-refractivity contribution in [2.24, 2.45) is 4.99 Å². The molecule has 47 heavy (non-hydrogen) atoms. The number of fused-ring (bicyclic) bond motifs is 6. The second-order valence-electron chi connectivity index (χ2n) is 11.8. The van der Waals surface area contributed by atoms with E-state index in [1.807, 2.05) is 31.4 Å². The molecule has 3 heteroatoms. The molecule has 0 atom stereocenters. The van der Waals surface area contributed by atoms with Crippen molar-refractivity contribution in [2.75, 3.05) is 7.05 Å². The van der Waals surface area contributed by atoms with Crippen LogP contribution in [0, 0.1) is 0 Å². The highest BCUT2D eigenvalue weighted by molar-refractivity contribution is 6.24. The molecule has 0 aliphatic heterocycles. The highest BCUT2D eigenvalue weighted by Gasteiger charge is 2.15. The first-order chi connectivity index (χ1) is 23.3. The van der Waals surface area contributed by atoms with Crippen molar-refractivity contribution < 1.29 is 0 Å². The monoisotopic (exact) mass is 603 g/mol. The molecule has 0 aliphatic rings. The third-order valence-corrected chi connectivity index (χ3v) is 9.02. The fourth-order valence-corrected chi connectivity index (χ4v) is 6.69. The summed E-state index contributed by atoms with van der Waals surface area (Å²) >= 11 is 0. The smallest absolute Gasteiger partial charge is 0.0701 e. The van der Waals surface area contributed by atoms with Crippen LogP contribution in [0.2, 0.25) is 0 Å². The van der Waals surface area contributed by atoms with Crippen LogP contribution in [0.1, 0.15) is 16.7 Å². The maximum absolute atomic E-state index is 4.92. The lowest BCUT2D eigenvalue weighted by molar-refractivity contribution is 0.892. The van der Waals surface area contributed by atoms with E-state index in [-0.39, 0.29) is 0 Å². The van der Waals surface area contributed by atoms with Crippen molar-refractivity contribution >= 4 is 54.5 Å². The Bertz CT molecular complexity index is 2460. The van der Waals surface area contributed by atoms with Gasteiger partial charge in [-0.05, 0) is 79.0 Å². The van der Waals surface area contributed by atoms with Gasteiger partial charge in [-0.15, -0.1) is 0 Å². The minimum atomic E-state index is 0.658. The van der Waals surface area contributed by atoms with Crippen molar-refractivity contribution in [3.63, 3.8) is 0 Å². The number of nitrogens with one attached hydrogen (secondary N) is 1. The van der Waals surface area contributed by atoms with Gasteiger partial charge >= 0.3 is 0 Å². The lowest BCUT2D eigenvalue weighted by Crippen LogP contribution is -2.14. The summed E-state index contributed by atoms with van der Waals surface area (Å²) in [6.45, 7) is 0.658. The summed E-state index contributed by atoms with van der Waals surface area (Å²) in [6, 6.07) is 53.8. The summed E-state index contributed by atoms with van der Waals surface area (Å²) in [4.78, 5) is 9.44. The van der Waals surface area contributed by atoms with E-state index >= 15 is 0 Å². The number of aliphatic imine (C=N–C) groups is 1. The van der Waals surface area contributed by atoms with Crippen LogP contribution < -0.4 is 5.32 Å². The lowest BCUT2D eigenvalue weighted by Gasteiger charge is -2.18. The topological polar surface area (TPSA) is 37.3 Å². The third-order valence-electron chi connectivity index (χ3n) is 9.02. The van der Waals surface area contributed by atoms with Gasteiger partial charge in [-0.1, -0.05) is 127 Å². The van der Waals surface area contributed by atoms with Gasteiger partial charge in [0, 0.05) is 42.2 Å². The zero-order valence-electron chi connectivity index (χ0n) is 26.2. The van der Waals surface area contributed by atoms with Crippen LogP contribution >= 0.6 is 0 Å². The molecule has 0 bridgehead atoms. The highest BCUT2D eigenvalue weighted by Crippen LogP contribution is 2.34. The summed E-state index contributed by atoms with van der Waals surface area (Å²) in [6.07, 6.45) is 4.07.